The quantitative estimate of drug-likeness (QED) is 0.753. The molecule has 1 atom stereocenters. The fraction of sp³-hybridized carbons (Fsp3) is 0.474. The molecule has 1 aliphatic carbocycles. The van der Waals surface area contributed by atoms with Crippen LogP contribution in [0.2, 0.25) is 0 Å². The van der Waals surface area contributed by atoms with E-state index in [2.05, 4.69) is 71.6 Å². The smallest absolute Gasteiger partial charge is 0.0352 e. The van der Waals surface area contributed by atoms with Crippen molar-refractivity contribution in [1.29, 1.82) is 0 Å². The standard InChI is InChI=1S/C19H24BrN/c1-13-7-9-14(10-8-13)19(21-2)17-11-12-18(20)16-6-4-3-5-15(16)17/h3-6,11-14,19,21H,7-10H2,1-2H3. The third-order valence-corrected chi connectivity index (χ3v) is 5.77. The van der Waals surface area contributed by atoms with Crippen molar-refractivity contribution in [1.82, 2.24) is 5.32 Å². The molecular formula is C19H24BrN. The number of hydrogen-bond acceptors (Lipinski definition) is 1. The van der Waals surface area contributed by atoms with Gasteiger partial charge in [0.2, 0.25) is 0 Å². The molecule has 0 saturated heterocycles. The first kappa shape index (κ1) is 15.1. The zero-order valence-electron chi connectivity index (χ0n) is 12.9. The van der Waals surface area contributed by atoms with E-state index in [0.717, 1.165) is 11.8 Å². The summed E-state index contributed by atoms with van der Waals surface area (Å²) in [6, 6.07) is 13.7. The van der Waals surface area contributed by atoms with E-state index in [1.165, 1.54) is 46.5 Å². The predicted octanol–water partition coefficient (Wildman–Crippen LogP) is 5.69. The van der Waals surface area contributed by atoms with Crippen molar-refractivity contribution in [3.8, 4) is 0 Å². The SMILES string of the molecule is CNC(c1ccc(Br)c2ccccc12)C1CCC(C)CC1. The average Bonchev–Trinajstić information content (AvgIpc) is 2.52. The maximum Gasteiger partial charge on any atom is 0.0352 e. The van der Waals surface area contributed by atoms with Gasteiger partial charge in [0.25, 0.3) is 0 Å². The first-order chi connectivity index (χ1) is 10.2. The van der Waals surface area contributed by atoms with Gasteiger partial charge in [-0.3, -0.25) is 0 Å². The first-order valence-electron chi connectivity index (χ1n) is 8.05. The summed E-state index contributed by atoms with van der Waals surface area (Å²) in [5.41, 5.74) is 1.45. The second kappa shape index (κ2) is 6.50. The monoisotopic (exact) mass is 345 g/mol. The summed E-state index contributed by atoms with van der Waals surface area (Å²) < 4.78 is 1.19. The van der Waals surface area contributed by atoms with E-state index in [9.17, 15) is 0 Å². The molecule has 1 fully saturated rings. The summed E-state index contributed by atoms with van der Waals surface area (Å²) in [4.78, 5) is 0. The summed E-state index contributed by atoms with van der Waals surface area (Å²) in [5, 5.41) is 6.30. The van der Waals surface area contributed by atoms with Crippen molar-refractivity contribution in [2.24, 2.45) is 11.8 Å². The Morgan fingerprint density at radius 2 is 1.67 bits per heavy atom. The zero-order valence-corrected chi connectivity index (χ0v) is 14.5. The molecule has 0 bridgehead atoms. The van der Waals surface area contributed by atoms with Crippen LogP contribution in [0.1, 0.15) is 44.2 Å². The molecule has 1 saturated carbocycles. The van der Waals surface area contributed by atoms with Crippen LogP contribution in [0.5, 0.6) is 0 Å². The van der Waals surface area contributed by atoms with E-state index in [4.69, 9.17) is 0 Å². The van der Waals surface area contributed by atoms with Crippen LogP contribution in [0, 0.1) is 11.8 Å². The van der Waals surface area contributed by atoms with Gasteiger partial charge < -0.3 is 5.32 Å². The predicted molar refractivity (Wildman–Crippen MR) is 94.6 cm³/mol. The molecule has 1 unspecified atom stereocenters. The fourth-order valence-corrected chi connectivity index (χ4v) is 4.30. The lowest BCUT2D eigenvalue weighted by molar-refractivity contribution is 0.239. The van der Waals surface area contributed by atoms with Gasteiger partial charge in [0, 0.05) is 10.5 Å². The Morgan fingerprint density at radius 3 is 2.33 bits per heavy atom. The van der Waals surface area contributed by atoms with Crippen molar-refractivity contribution >= 4 is 26.7 Å². The highest BCUT2D eigenvalue weighted by atomic mass is 79.9. The van der Waals surface area contributed by atoms with Crippen LogP contribution in [0.3, 0.4) is 0 Å². The Kier molecular flexibility index (Phi) is 4.66. The number of benzene rings is 2. The largest absolute Gasteiger partial charge is 0.313 e. The van der Waals surface area contributed by atoms with E-state index in [1.54, 1.807) is 0 Å². The Hall–Kier alpha value is -0.860. The zero-order chi connectivity index (χ0) is 14.8. The van der Waals surface area contributed by atoms with E-state index < -0.39 is 0 Å². The van der Waals surface area contributed by atoms with Crippen LogP contribution in [0.25, 0.3) is 10.8 Å². The average molecular weight is 346 g/mol. The lowest BCUT2D eigenvalue weighted by Crippen LogP contribution is -2.28. The van der Waals surface area contributed by atoms with E-state index >= 15 is 0 Å². The van der Waals surface area contributed by atoms with E-state index in [0.29, 0.717) is 6.04 Å². The van der Waals surface area contributed by atoms with Gasteiger partial charge in [-0.2, -0.15) is 0 Å². The Balaban J connectivity index is 1.99. The number of halogens is 1. The minimum Gasteiger partial charge on any atom is -0.313 e. The first-order valence-corrected chi connectivity index (χ1v) is 8.84. The molecule has 1 aliphatic rings. The van der Waals surface area contributed by atoms with Gasteiger partial charge in [-0.1, -0.05) is 66.0 Å². The number of rotatable bonds is 3. The van der Waals surface area contributed by atoms with Crippen LogP contribution in [0.15, 0.2) is 40.9 Å². The molecular weight excluding hydrogens is 322 g/mol. The lowest BCUT2D eigenvalue weighted by atomic mass is 9.76. The molecule has 2 heteroatoms. The molecule has 2 aromatic rings. The van der Waals surface area contributed by atoms with Crippen LogP contribution < -0.4 is 5.32 Å². The van der Waals surface area contributed by atoms with E-state index in [-0.39, 0.29) is 0 Å². The summed E-state index contributed by atoms with van der Waals surface area (Å²) in [6.45, 7) is 2.39. The Labute approximate surface area is 136 Å². The van der Waals surface area contributed by atoms with Gasteiger partial charge in [-0.15, -0.1) is 0 Å². The van der Waals surface area contributed by atoms with Crippen molar-refractivity contribution in [2.75, 3.05) is 7.05 Å². The number of nitrogens with one attached hydrogen (secondary N) is 1. The summed E-state index contributed by atoms with van der Waals surface area (Å²) in [6.07, 6.45) is 5.43. The lowest BCUT2D eigenvalue weighted by Gasteiger charge is -2.33. The molecule has 1 nitrogen and oxygen atoms in total. The maximum atomic E-state index is 3.69. The van der Waals surface area contributed by atoms with Crippen LogP contribution >= 0.6 is 15.9 Å². The van der Waals surface area contributed by atoms with Crippen LogP contribution in [0.4, 0.5) is 0 Å². The van der Waals surface area contributed by atoms with Crippen molar-refractivity contribution in [3.05, 3.63) is 46.4 Å². The van der Waals surface area contributed by atoms with Gasteiger partial charge in [0.15, 0.2) is 0 Å². The number of fused-ring (bicyclic) bond motifs is 1. The van der Waals surface area contributed by atoms with Gasteiger partial charge in [0.05, 0.1) is 0 Å². The van der Waals surface area contributed by atoms with Gasteiger partial charge in [-0.25, -0.2) is 0 Å². The molecule has 0 heterocycles. The topological polar surface area (TPSA) is 12.0 Å². The van der Waals surface area contributed by atoms with Gasteiger partial charge in [-0.05, 0) is 54.1 Å². The van der Waals surface area contributed by atoms with Gasteiger partial charge >= 0.3 is 0 Å². The molecule has 2 aromatic carbocycles. The highest BCUT2D eigenvalue weighted by molar-refractivity contribution is 9.10. The summed E-state index contributed by atoms with van der Waals surface area (Å²) in [7, 11) is 2.11. The normalized spacial score (nSPS) is 24.1. The van der Waals surface area contributed by atoms with Crippen LogP contribution in [-0.2, 0) is 0 Å². The second-order valence-electron chi connectivity index (χ2n) is 6.47. The summed E-state index contributed by atoms with van der Waals surface area (Å²) >= 11 is 3.69. The number of hydrogen-bond donors (Lipinski definition) is 1. The molecule has 3 rings (SSSR count). The third kappa shape index (κ3) is 3.02. The van der Waals surface area contributed by atoms with E-state index in [1.807, 2.05) is 0 Å². The van der Waals surface area contributed by atoms with Crippen molar-refractivity contribution < 1.29 is 0 Å². The minimum atomic E-state index is 0.468. The third-order valence-electron chi connectivity index (χ3n) is 5.08. The molecule has 0 amide bonds. The molecule has 0 spiro atoms. The highest BCUT2D eigenvalue weighted by Gasteiger charge is 2.27. The van der Waals surface area contributed by atoms with Gasteiger partial charge in [0.1, 0.15) is 0 Å². The van der Waals surface area contributed by atoms with Crippen molar-refractivity contribution in [3.63, 3.8) is 0 Å². The molecule has 0 radical (unpaired) electrons. The highest BCUT2D eigenvalue weighted by Crippen LogP contribution is 2.39. The molecule has 112 valence electrons. The molecule has 0 aromatic heterocycles. The minimum absolute atomic E-state index is 0.468. The second-order valence-corrected chi connectivity index (χ2v) is 7.32. The Morgan fingerprint density at radius 1 is 1.00 bits per heavy atom. The molecule has 1 N–H and O–H groups in total. The fourth-order valence-electron chi connectivity index (χ4n) is 3.82. The molecule has 0 aliphatic heterocycles. The van der Waals surface area contributed by atoms with Crippen molar-refractivity contribution in [2.45, 2.75) is 38.6 Å². The molecule has 21 heavy (non-hydrogen) atoms. The van der Waals surface area contributed by atoms with Crippen LogP contribution in [-0.4, -0.2) is 7.05 Å². The Bertz CT molecular complexity index is 614. The maximum absolute atomic E-state index is 3.69. The summed E-state index contributed by atoms with van der Waals surface area (Å²) in [5.74, 6) is 1.66.